The number of urea groups is 1. The maximum absolute atomic E-state index is 14.3. The van der Waals surface area contributed by atoms with E-state index < -0.39 is 23.6 Å². The number of piperidine rings is 1. The third-order valence-corrected chi connectivity index (χ3v) is 7.03. The van der Waals surface area contributed by atoms with E-state index in [0.717, 1.165) is 31.0 Å². The average molecular weight is 540 g/mol. The van der Waals surface area contributed by atoms with Crippen molar-refractivity contribution in [3.05, 3.63) is 40.5 Å². The number of benzene rings is 1. The van der Waals surface area contributed by atoms with Crippen LogP contribution in [0.1, 0.15) is 66.9 Å². The first-order valence-electron chi connectivity index (χ1n) is 12.6. The highest BCUT2D eigenvalue weighted by Gasteiger charge is 2.23. The Bertz CT molecular complexity index is 1060. The number of ether oxygens (including phenoxy) is 1. The van der Waals surface area contributed by atoms with E-state index >= 15 is 0 Å². The van der Waals surface area contributed by atoms with Gasteiger partial charge in [0.15, 0.2) is 11.6 Å². The van der Waals surface area contributed by atoms with Crippen LogP contribution in [0.15, 0.2) is 12.1 Å². The van der Waals surface area contributed by atoms with Crippen LogP contribution < -0.4 is 21.1 Å². The van der Waals surface area contributed by atoms with E-state index in [4.69, 9.17) is 10.5 Å². The second kappa shape index (κ2) is 14.2. The molecule has 0 aliphatic carbocycles. The van der Waals surface area contributed by atoms with E-state index in [2.05, 4.69) is 19.9 Å². The summed E-state index contributed by atoms with van der Waals surface area (Å²) in [5.41, 5.74) is 5.51. The van der Waals surface area contributed by atoms with Crippen molar-refractivity contribution in [2.75, 3.05) is 31.5 Å². The number of carbonyl (C=O) groups is 2. The van der Waals surface area contributed by atoms with E-state index in [-0.39, 0.29) is 40.3 Å². The number of amides is 3. The molecule has 1 fully saturated rings. The summed E-state index contributed by atoms with van der Waals surface area (Å²) < 4.78 is 37.7. The fraction of sp³-hybridized carbons (Fsp3) is 0.560. The third-order valence-electron chi connectivity index (χ3n) is 6.29. The number of rotatable bonds is 13. The van der Waals surface area contributed by atoms with Gasteiger partial charge in [-0.2, -0.15) is 4.37 Å². The highest BCUT2D eigenvalue weighted by molar-refractivity contribution is 7.11. The van der Waals surface area contributed by atoms with Crippen LogP contribution in [0.3, 0.4) is 0 Å². The smallest absolute Gasteiger partial charge is 0.319 e. The van der Waals surface area contributed by atoms with Crippen molar-refractivity contribution in [1.82, 2.24) is 14.6 Å². The molecule has 1 aromatic carbocycles. The minimum atomic E-state index is -1.02. The summed E-state index contributed by atoms with van der Waals surface area (Å²) in [5.74, 6) is -3.01. The van der Waals surface area contributed by atoms with Gasteiger partial charge in [-0.15, -0.1) is 0 Å². The first-order chi connectivity index (χ1) is 17.8. The van der Waals surface area contributed by atoms with Gasteiger partial charge in [-0.3, -0.25) is 10.1 Å². The Hall–Kier alpha value is -2.83. The number of anilines is 1. The lowest BCUT2D eigenvalue weighted by molar-refractivity contribution is 0.0928. The molecule has 0 radical (unpaired) electrons. The predicted octanol–water partition coefficient (Wildman–Crippen LogP) is 3.80. The molecule has 1 aliphatic rings. The number of hydrogen-bond donors (Lipinski definition) is 4. The van der Waals surface area contributed by atoms with Gasteiger partial charge in [-0.25, -0.2) is 13.6 Å². The Morgan fingerprint density at radius 1 is 1.19 bits per heavy atom. The molecule has 3 rings (SSSR count). The second-order valence-electron chi connectivity index (χ2n) is 9.10. The van der Waals surface area contributed by atoms with Crippen LogP contribution in [0, 0.1) is 11.6 Å². The van der Waals surface area contributed by atoms with Crippen LogP contribution in [0.5, 0.6) is 5.88 Å². The number of aryl methyl sites for hydroxylation is 1. The first kappa shape index (κ1) is 28.7. The first-order valence-corrected chi connectivity index (χ1v) is 13.4. The number of aliphatic hydroxyl groups is 1. The lowest BCUT2D eigenvalue weighted by Crippen LogP contribution is -2.36. The zero-order valence-corrected chi connectivity index (χ0v) is 21.8. The predicted molar refractivity (Wildman–Crippen MR) is 138 cm³/mol. The Balaban J connectivity index is 1.44. The van der Waals surface area contributed by atoms with Crippen molar-refractivity contribution in [1.29, 1.82) is 0 Å². The largest absolute Gasteiger partial charge is 0.471 e. The lowest BCUT2D eigenvalue weighted by Gasteiger charge is -2.28. The molecule has 12 heteroatoms. The minimum Gasteiger partial charge on any atom is -0.471 e. The van der Waals surface area contributed by atoms with Crippen molar-refractivity contribution in [3.8, 4) is 5.88 Å². The normalized spacial score (nSPS) is 14.8. The molecule has 1 atom stereocenters. The van der Waals surface area contributed by atoms with Crippen molar-refractivity contribution in [3.63, 3.8) is 0 Å². The SMILES string of the molecule is CCc1ccc(COc2nsc(NC(=O)NCCCCC(O)CN3CCCCC3)c2C(N)=O)c(F)c1F. The number of nitrogens with two attached hydrogens (primary N) is 1. The van der Waals surface area contributed by atoms with Gasteiger partial charge < -0.3 is 25.8 Å². The average Bonchev–Trinajstić information content (AvgIpc) is 3.27. The number of primary amides is 1. The van der Waals surface area contributed by atoms with Gasteiger partial charge in [-0.1, -0.05) is 25.5 Å². The highest BCUT2D eigenvalue weighted by Crippen LogP contribution is 2.31. The van der Waals surface area contributed by atoms with Gasteiger partial charge in [0.1, 0.15) is 17.2 Å². The van der Waals surface area contributed by atoms with E-state index in [1.54, 1.807) is 6.92 Å². The number of hydrogen-bond acceptors (Lipinski definition) is 7. The second-order valence-corrected chi connectivity index (χ2v) is 9.88. The van der Waals surface area contributed by atoms with Gasteiger partial charge in [0, 0.05) is 18.7 Å². The van der Waals surface area contributed by atoms with Crippen molar-refractivity contribution >= 4 is 28.5 Å². The molecule has 3 amide bonds. The van der Waals surface area contributed by atoms with E-state index in [9.17, 15) is 23.5 Å². The number of nitrogens with zero attached hydrogens (tertiary/aromatic N) is 2. The van der Waals surface area contributed by atoms with Crippen LogP contribution >= 0.6 is 11.5 Å². The van der Waals surface area contributed by atoms with Crippen LogP contribution in [-0.4, -0.2) is 58.6 Å². The molecule has 0 bridgehead atoms. The zero-order valence-electron chi connectivity index (χ0n) is 21.0. The maximum atomic E-state index is 14.3. The maximum Gasteiger partial charge on any atom is 0.319 e. The quantitative estimate of drug-likeness (QED) is 0.287. The van der Waals surface area contributed by atoms with Gasteiger partial charge in [0.2, 0.25) is 5.88 Å². The molecule has 2 aromatic rings. The van der Waals surface area contributed by atoms with Gasteiger partial charge in [-0.05, 0) is 68.7 Å². The van der Waals surface area contributed by atoms with Crippen molar-refractivity contribution < 1.29 is 28.2 Å². The Labute approximate surface area is 219 Å². The number of unbranched alkanes of at least 4 members (excludes halogenated alkanes) is 1. The summed E-state index contributed by atoms with van der Waals surface area (Å²) >= 11 is 0.792. The molecular weight excluding hydrogens is 504 g/mol. The molecule has 37 heavy (non-hydrogen) atoms. The number of aromatic nitrogens is 1. The zero-order chi connectivity index (χ0) is 26.8. The van der Waals surface area contributed by atoms with Crippen molar-refractivity contribution in [2.45, 2.75) is 64.6 Å². The summed E-state index contributed by atoms with van der Waals surface area (Å²) in [6.07, 6.45) is 5.69. The monoisotopic (exact) mass is 539 g/mol. The fourth-order valence-corrected chi connectivity index (χ4v) is 4.96. The summed E-state index contributed by atoms with van der Waals surface area (Å²) in [4.78, 5) is 26.6. The molecule has 1 aromatic heterocycles. The Kier molecular flexibility index (Phi) is 11.0. The van der Waals surface area contributed by atoms with Gasteiger partial charge in [0.25, 0.3) is 5.91 Å². The number of carbonyl (C=O) groups excluding carboxylic acids is 2. The molecule has 1 unspecified atom stereocenters. The molecule has 5 N–H and O–H groups in total. The molecule has 2 heterocycles. The van der Waals surface area contributed by atoms with Crippen LogP contribution in [-0.2, 0) is 13.0 Å². The summed E-state index contributed by atoms with van der Waals surface area (Å²) in [6, 6.07) is 2.34. The number of likely N-dealkylation sites (tertiary alicyclic amines) is 1. The van der Waals surface area contributed by atoms with E-state index in [1.165, 1.54) is 31.4 Å². The van der Waals surface area contributed by atoms with Crippen LogP contribution in [0.2, 0.25) is 0 Å². The van der Waals surface area contributed by atoms with Crippen LogP contribution in [0.4, 0.5) is 18.6 Å². The summed E-state index contributed by atoms with van der Waals surface area (Å²) in [6.45, 7) is 4.50. The molecule has 9 nitrogen and oxygen atoms in total. The molecular formula is C25H35F2N5O4S. The fourth-order valence-electron chi connectivity index (χ4n) is 4.22. The summed E-state index contributed by atoms with van der Waals surface area (Å²) in [5, 5.41) is 15.5. The van der Waals surface area contributed by atoms with E-state index in [0.29, 0.717) is 32.4 Å². The Morgan fingerprint density at radius 3 is 2.59 bits per heavy atom. The standard InChI is InChI=1S/C25H35F2N5O4S/c1-2-16-9-10-17(21(27)20(16)26)15-36-23-19(22(28)34)24(37-31-23)30-25(35)29-11-5-4-8-18(33)14-32-12-6-3-7-13-32/h9-10,18,33H,2-8,11-15H2,1H3,(H2,28,34)(H2,29,30,35). The number of halogens is 2. The van der Waals surface area contributed by atoms with Crippen LogP contribution in [0.25, 0.3) is 0 Å². The third kappa shape index (κ3) is 8.34. The van der Waals surface area contributed by atoms with Gasteiger partial charge in [0.05, 0.1) is 6.10 Å². The number of aliphatic hydroxyl groups excluding tert-OH is 1. The molecule has 0 saturated carbocycles. The minimum absolute atomic E-state index is 0.0357. The lowest BCUT2D eigenvalue weighted by atomic mass is 10.1. The topological polar surface area (TPSA) is 130 Å². The summed E-state index contributed by atoms with van der Waals surface area (Å²) in [7, 11) is 0. The molecule has 0 spiro atoms. The van der Waals surface area contributed by atoms with Gasteiger partial charge >= 0.3 is 6.03 Å². The molecule has 1 aliphatic heterocycles. The number of nitrogens with one attached hydrogen (secondary N) is 2. The van der Waals surface area contributed by atoms with E-state index in [1.807, 2.05) is 0 Å². The Morgan fingerprint density at radius 2 is 1.89 bits per heavy atom. The molecule has 1 saturated heterocycles. The molecule has 204 valence electrons. The van der Waals surface area contributed by atoms with Crippen molar-refractivity contribution in [2.24, 2.45) is 5.73 Å². The highest BCUT2D eigenvalue weighted by atomic mass is 32.1. The number of β-amino-alcohol motifs (C(OH)–C–C–N with tert-alkyl or cyclic N) is 1.